The molecule has 0 aromatic heterocycles. The summed E-state index contributed by atoms with van der Waals surface area (Å²) in [5.41, 5.74) is 0. The van der Waals surface area contributed by atoms with Gasteiger partial charge in [-0.05, 0) is 0 Å². The largest absolute Gasteiger partial charge is 0.312 e. The van der Waals surface area contributed by atoms with Gasteiger partial charge in [0.2, 0.25) is 0 Å². The van der Waals surface area contributed by atoms with Gasteiger partial charge in [-0.25, -0.2) is 0 Å². The lowest BCUT2D eigenvalue weighted by molar-refractivity contribution is 0.805. The Hall–Kier alpha value is 0.0200. The minimum atomic E-state index is 0.317. The number of rotatable bonds is 2. The second-order valence-corrected chi connectivity index (χ2v) is 4.47. The first kappa shape index (κ1) is 8.02. The van der Waals surface area contributed by atoms with Crippen LogP contribution in [0.5, 0.6) is 0 Å². The minimum absolute atomic E-state index is 0.317. The minimum Gasteiger partial charge on any atom is -0.312 e. The molecule has 1 nitrogen and oxygen atoms in total. The van der Waals surface area contributed by atoms with E-state index in [2.05, 4.69) is 20.8 Å². The van der Waals surface area contributed by atoms with Crippen molar-refractivity contribution < 1.29 is 0 Å². The highest BCUT2D eigenvalue weighted by Gasteiger charge is 2.07. The van der Waals surface area contributed by atoms with Gasteiger partial charge in [-0.2, -0.15) is 11.8 Å². The Labute approximate surface area is 55.4 Å². The average Bonchev–Trinajstić information content (AvgIpc) is 1.59. The lowest BCUT2D eigenvalue weighted by Gasteiger charge is -2.14. The molecule has 0 heterocycles. The van der Waals surface area contributed by atoms with Gasteiger partial charge in [-0.15, -0.1) is 0 Å². The fraction of sp³-hybridized carbons (Fsp3) is 0.833. The molecule has 48 valence electrons. The first-order valence-corrected chi connectivity index (χ1v) is 3.68. The molecule has 0 spiro atoms. The van der Waals surface area contributed by atoms with Crippen molar-refractivity contribution in [3.63, 3.8) is 0 Å². The predicted molar refractivity (Wildman–Crippen MR) is 41.0 cm³/mol. The van der Waals surface area contributed by atoms with Crippen LogP contribution in [0.1, 0.15) is 20.8 Å². The number of nitrogens with one attached hydrogen (secondary N) is 1. The third-order valence-electron chi connectivity index (χ3n) is 0.600. The second kappa shape index (κ2) is 3.13. The zero-order valence-corrected chi connectivity index (χ0v) is 6.51. The molecule has 0 aliphatic heterocycles. The Morgan fingerprint density at radius 3 is 2.12 bits per heavy atom. The molecule has 0 aromatic carbocycles. The van der Waals surface area contributed by atoms with E-state index in [1.807, 2.05) is 0 Å². The van der Waals surface area contributed by atoms with Crippen LogP contribution in [0, 0.1) is 5.41 Å². The maximum Gasteiger partial charge on any atom is 0.0286 e. The summed E-state index contributed by atoms with van der Waals surface area (Å²) in [7, 11) is 0. The van der Waals surface area contributed by atoms with Crippen molar-refractivity contribution in [1.29, 1.82) is 5.41 Å². The highest BCUT2D eigenvalue weighted by atomic mass is 32.2. The molecule has 0 atom stereocenters. The molecule has 0 unspecified atom stereocenters. The highest BCUT2D eigenvalue weighted by Crippen LogP contribution is 2.21. The topological polar surface area (TPSA) is 23.9 Å². The number of thioether (sulfide) groups is 1. The van der Waals surface area contributed by atoms with Crippen LogP contribution in [0.25, 0.3) is 0 Å². The summed E-state index contributed by atoms with van der Waals surface area (Å²) < 4.78 is 0.317. The van der Waals surface area contributed by atoms with Crippen molar-refractivity contribution in [2.45, 2.75) is 25.5 Å². The van der Waals surface area contributed by atoms with E-state index in [4.69, 9.17) is 5.41 Å². The molecule has 0 aliphatic carbocycles. The molecule has 8 heavy (non-hydrogen) atoms. The van der Waals surface area contributed by atoms with Gasteiger partial charge in [0.05, 0.1) is 0 Å². The van der Waals surface area contributed by atoms with Crippen LogP contribution in [0.4, 0.5) is 0 Å². The van der Waals surface area contributed by atoms with Gasteiger partial charge in [-0.1, -0.05) is 20.8 Å². The van der Waals surface area contributed by atoms with Crippen molar-refractivity contribution >= 4 is 18.0 Å². The van der Waals surface area contributed by atoms with Gasteiger partial charge in [0.25, 0.3) is 0 Å². The van der Waals surface area contributed by atoms with Gasteiger partial charge in [0.15, 0.2) is 0 Å². The molecule has 0 amide bonds. The van der Waals surface area contributed by atoms with Crippen LogP contribution < -0.4 is 0 Å². The highest BCUT2D eigenvalue weighted by molar-refractivity contribution is 8.01. The Kier molecular flexibility index (Phi) is 3.13. The van der Waals surface area contributed by atoms with E-state index >= 15 is 0 Å². The Morgan fingerprint density at radius 1 is 1.50 bits per heavy atom. The summed E-state index contributed by atoms with van der Waals surface area (Å²) in [4.78, 5) is 0. The lowest BCUT2D eigenvalue weighted by atomic mass is 10.3. The van der Waals surface area contributed by atoms with Gasteiger partial charge in [-0.3, -0.25) is 0 Å². The SMILES string of the molecule is CC(C)(C)SCC=N. The quantitative estimate of drug-likeness (QED) is 0.570. The molecule has 1 N–H and O–H groups in total. The summed E-state index contributed by atoms with van der Waals surface area (Å²) in [6, 6.07) is 0. The summed E-state index contributed by atoms with van der Waals surface area (Å²) in [5.74, 6) is 0.837. The number of hydrogen-bond acceptors (Lipinski definition) is 2. The van der Waals surface area contributed by atoms with Crippen molar-refractivity contribution in [2.75, 3.05) is 5.75 Å². The second-order valence-electron chi connectivity index (χ2n) is 2.63. The zero-order valence-electron chi connectivity index (χ0n) is 5.69. The van der Waals surface area contributed by atoms with Crippen LogP contribution in [0.15, 0.2) is 0 Å². The van der Waals surface area contributed by atoms with Crippen molar-refractivity contribution in [3.8, 4) is 0 Å². The Morgan fingerprint density at radius 2 is 2.00 bits per heavy atom. The van der Waals surface area contributed by atoms with E-state index in [1.54, 1.807) is 11.8 Å². The summed E-state index contributed by atoms with van der Waals surface area (Å²) in [5, 5.41) is 6.74. The van der Waals surface area contributed by atoms with Crippen molar-refractivity contribution in [2.24, 2.45) is 0 Å². The summed E-state index contributed by atoms with van der Waals surface area (Å²) in [6.45, 7) is 6.46. The molecular formula is C6H13NS. The molecule has 0 aliphatic rings. The van der Waals surface area contributed by atoms with Crippen molar-refractivity contribution in [3.05, 3.63) is 0 Å². The van der Waals surface area contributed by atoms with Crippen LogP contribution in [0.2, 0.25) is 0 Å². The van der Waals surface area contributed by atoms with Crippen LogP contribution in [0.3, 0.4) is 0 Å². The Bertz CT molecular complexity index is 73.1. The standard InChI is InChI=1S/C6H13NS/c1-6(2,3)8-5-4-7/h4,7H,5H2,1-3H3. The third kappa shape index (κ3) is 6.02. The van der Waals surface area contributed by atoms with E-state index < -0.39 is 0 Å². The fourth-order valence-corrected chi connectivity index (χ4v) is 0.875. The van der Waals surface area contributed by atoms with E-state index in [1.165, 1.54) is 6.21 Å². The first-order chi connectivity index (χ1) is 3.56. The maximum atomic E-state index is 6.74. The Balaban J connectivity index is 3.24. The molecular weight excluding hydrogens is 118 g/mol. The fourth-order valence-electron chi connectivity index (χ4n) is 0.292. The molecule has 0 saturated heterocycles. The van der Waals surface area contributed by atoms with Crippen LogP contribution >= 0.6 is 11.8 Å². The van der Waals surface area contributed by atoms with Crippen LogP contribution in [-0.2, 0) is 0 Å². The third-order valence-corrected chi connectivity index (χ3v) is 1.80. The average molecular weight is 131 g/mol. The van der Waals surface area contributed by atoms with E-state index in [-0.39, 0.29) is 0 Å². The molecule has 0 rings (SSSR count). The maximum absolute atomic E-state index is 6.74. The summed E-state index contributed by atoms with van der Waals surface area (Å²) >= 11 is 1.79. The summed E-state index contributed by atoms with van der Waals surface area (Å²) in [6.07, 6.45) is 1.44. The van der Waals surface area contributed by atoms with Crippen LogP contribution in [-0.4, -0.2) is 16.7 Å². The van der Waals surface area contributed by atoms with E-state index in [0.29, 0.717) is 4.75 Å². The zero-order chi connectivity index (χ0) is 6.62. The number of hydrogen-bond donors (Lipinski definition) is 1. The monoisotopic (exact) mass is 131 g/mol. The molecule has 0 bridgehead atoms. The van der Waals surface area contributed by atoms with Gasteiger partial charge in [0, 0.05) is 16.7 Å². The predicted octanol–water partition coefficient (Wildman–Crippen LogP) is 2.17. The first-order valence-electron chi connectivity index (χ1n) is 2.69. The normalized spacial score (nSPS) is 11.4. The van der Waals surface area contributed by atoms with E-state index in [0.717, 1.165) is 5.75 Å². The smallest absolute Gasteiger partial charge is 0.0286 e. The van der Waals surface area contributed by atoms with Gasteiger partial charge in [0.1, 0.15) is 0 Å². The lowest BCUT2D eigenvalue weighted by Crippen LogP contribution is -2.08. The molecule has 0 fully saturated rings. The molecule has 0 saturated carbocycles. The van der Waals surface area contributed by atoms with E-state index in [9.17, 15) is 0 Å². The molecule has 0 radical (unpaired) electrons. The van der Waals surface area contributed by atoms with Crippen molar-refractivity contribution in [1.82, 2.24) is 0 Å². The van der Waals surface area contributed by atoms with Gasteiger partial charge < -0.3 is 5.41 Å². The molecule has 0 aromatic rings. The molecule has 2 heteroatoms. The van der Waals surface area contributed by atoms with Gasteiger partial charge >= 0.3 is 0 Å².